The van der Waals surface area contributed by atoms with Gasteiger partial charge in [0.25, 0.3) is 0 Å². The molecule has 0 saturated heterocycles. The van der Waals surface area contributed by atoms with Crippen LogP contribution in [0.2, 0.25) is 0 Å². The van der Waals surface area contributed by atoms with Gasteiger partial charge in [0.1, 0.15) is 11.2 Å². The maximum absolute atomic E-state index is 4.28. The van der Waals surface area contributed by atoms with Crippen LogP contribution in [0.25, 0.3) is 22.4 Å². The van der Waals surface area contributed by atoms with Crippen molar-refractivity contribution in [3.05, 3.63) is 36.7 Å². The van der Waals surface area contributed by atoms with Crippen LogP contribution in [0.1, 0.15) is 0 Å². The smallest absolute Gasteiger partial charge is 0.135 e. The molecule has 0 bridgehead atoms. The molecule has 0 saturated carbocycles. The zero-order valence-corrected chi connectivity index (χ0v) is 7.36. The maximum atomic E-state index is 4.28. The molecular formula is C10H8N4. The lowest BCUT2D eigenvalue weighted by Crippen LogP contribution is -1.79. The van der Waals surface area contributed by atoms with Crippen LogP contribution in [0.5, 0.6) is 0 Å². The number of hydrogen-bond donors (Lipinski definition) is 2. The maximum Gasteiger partial charge on any atom is 0.135 e. The summed E-state index contributed by atoms with van der Waals surface area (Å²) in [4.78, 5) is 7.39. The molecule has 2 N–H and O–H groups in total. The Morgan fingerprint density at radius 1 is 1.14 bits per heavy atom. The second kappa shape index (κ2) is 2.70. The third-order valence-corrected chi connectivity index (χ3v) is 2.17. The molecule has 0 radical (unpaired) electrons. The van der Waals surface area contributed by atoms with Crippen LogP contribution in [0, 0.1) is 0 Å². The number of aromatic nitrogens is 4. The molecule has 4 heteroatoms. The molecule has 4 nitrogen and oxygen atoms in total. The summed E-state index contributed by atoms with van der Waals surface area (Å²) in [5, 5.41) is 7.16. The number of rotatable bonds is 1. The van der Waals surface area contributed by atoms with Crippen LogP contribution in [0.3, 0.4) is 0 Å². The summed E-state index contributed by atoms with van der Waals surface area (Å²) in [6.45, 7) is 0. The van der Waals surface area contributed by atoms with E-state index in [-0.39, 0.29) is 0 Å². The van der Waals surface area contributed by atoms with Gasteiger partial charge in [0.15, 0.2) is 0 Å². The van der Waals surface area contributed by atoms with Crippen molar-refractivity contribution in [3.8, 4) is 11.4 Å². The van der Waals surface area contributed by atoms with Crippen LogP contribution >= 0.6 is 0 Å². The minimum atomic E-state index is 0.866. The van der Waals surface area contributed by atoms with Crippen molar-refractivity contribution in [3.63, 3.8) is 0 Å². The average Bonchev–Trinajstić information content (AvgIpc) is 2.85. The fourth-order valence-corrected chi connectivity index (χ4v) is 1.52. The van der Waals surface area contributed by atoms with Crippen LogP contribution in [0.15, 0.2) is 36.7 Å². The van der Waals surface area contributed by atoms with Crippen molar-refractivity contribution < 1.29 is 0 Å². The lowest BCUT2D eigenvalue weighted by Gasteiger charge is -1.90. The van der Waals surface area contributed by atoms with E-state index in [1.54, 1.807) is 6.20 Å². The average molecular weight is 184 g/mol. The van der Waals surface area contributed by atoms with E-state index in [1.807, 2.05) is 30.5 Å². The van der Waals surface area contributed by atoms with Gasteiger partial charge >= 0.3 is 0 Å². The predicted octanol–water partition coefficient (Wildman–Crippen LogP) is 1.95. The lowest BCUT2D eigenvalue weighted by atomic mass is 10.2. The highest BCUT2D eigenvalue weighted by molar-refractivity contribution is 5.88. The highest BCUT2D eigenvalue weighted by atomic mass is 15.1. The molecule has 0 unspecified atom stereocenters. The van der Waals surface area contributed by atoms with Crippen LogP contribution in [-0.2, 0) is 0 Å². The van der Waals surface area contributed by atoms with Gasteiger partial charge in [-0.3, -0.25) is 10.1 Å². The molecule has 0 spiro atoms. The quantitative estimate of drug-likeness (QED) is 0.607. The molecule has 3 aromatic heterocycles. The van der Waals surface area contributed by atoms with E-state index in [9.17, 15) is 0 Å². The molecule has 0 aromatic carbocycles. The van der Waals surface area contributed by atoms with Gasteiger partial charge < -0.3 is 4.98 Å². The fourth-order valence-electron chi connectivity index (χ4n) is 1.52. The summed E-state index contributed by atoms with van der Waals surface area (Å²) in [5.74, 6) is 0. The second-order valence-electron chi connectivity index (χ2n) is 3.06. The highest BCUT2D eigenvalue weighted by Crippen LogP contribution is 2.21. The first kappa shape index (κ1) is 7.32. The summed E-state index contributed by atoms with van der Waals surface area (Å²) in [7, 11) is 0. The third kappa shape index (κ3) is 0.939. The van der Waals surface area contributed by atoms with Crippen LogP contribution in [-0.4, -0.2) is 20.2 Å². The zero-order chi connectivity index (χ0) is 9.38. The van der Waals surface area contributed by atoms with Crippen molar-refractivity contribution in [2.45, 2.75) is 0 Å². The highest BCUT2D eigenvalue weighted by Gasteiger charge is 2.08. The summed E-state index contributed by atoms with van der Waals surface area (Å²) < 4.78 is 0. The fraction of sp³-hybridized carbons (Fsp3) is 0. The number of hydrogen-bond acceptors (Lipinski definition) is 2. The number of pyridine rings is 1. The van der Waals surface area contributed by atoms with Gasteiger partial charge in [-0.05, 0) is 24.3 Å². The van der Waals surface area contributed by atoms with E-state index in [1.165, 1.54) is 0 Å². The van der Waals surface area contributed by atoms with E-state index in [2.05, 4.69) is 20.2 Å². The Hall–Kier alpha value is -2.10. The van der Waals surface area contributed by atoms with Gasteiger partial charge in [0.2, 0.25) is 0 Å². The van der Waals surface area contributed by atoms with Crippen molar-refractivity contribution >= 4 is 11.0 Å². The van der Waals surface area contributed by atoms with E-state index >= 15 is 0 Å². The molecular weight excluding hydrogens is 176 g/mol. The van der Waals surface area contributed by atoms with Gasteiger partial charge in [0.05, 0.1) is 11.2 Å². The number of nitrogens with one attached hydrogen (secondary N) is 2. The molecule has 0 atom stereocenters. The summed E-state index contributed by atoms with van der Waals surface area (Å²) in [6.07, 6.45) is 3.64. The first-order valence-electron chi connectivity index (χ1n) is 4.38. The lowest BCUT2D eigenvalue weighted by molar-refractivity contribution is 1.12. The molecule has 0 aliphatic rings. The largest absolute Gasteiger partial charge is 0.360 e. The topological polar surface area (TPSA) is 57.4 Å². The Morgan fingerprint density at radius 3 is 3.00 bits per heavy atom. The van der Waals surface area contributed by atoms with E-state index in [0.717, 1.165) is 22.4 Å². The van der Waals surface area contributed by atoms with Gasteiger partial charge in [-0.15, -0.1) is 0 Å². The third-order valence-electron chi connectivity index (χ3n) is 2.17. The summed E-state index contributed by atoms with van der Waals surface area (Å²) >= 11 is 0. The second-order valence-corrected chi connectivity index (χ2v) is 3.06. The molecule has 3 rings (SSSR count). The van der Waals surface area contributed by atoms with Crippen LogP contribution < -0.4 is 0 Å². The molecule has 68 valence electrons. The Morgan fingerprint density at radius 2 is 2.14 bits per heavy atom. The van der Waals surface area contributed by atoms with Gasteiger partial charge in [-0.25, -0.2) is 0 Å². The number of nitrogens with zero attached hydrogens (tertiary/aromatic N) is 2. The molecule has 0 amide bonds. The number of fused-ring (bicyclic) bond motifs is 1. The normalized spacial score (nSPS) is 10.9. The van der Waals surface area contributed by atoms with Crippen LogP contribution in [0.4, 0.5) is 0 Å². The molecule has 3 aromatic rings. The Balaban J connectivity index is 2.33. The van der Waals surface area contributed by atoms with Crippen molar-refractivity contribution in [2.75, 3.05) is 0 Å². The monoisotopic (exact) mass is 184 g/mol. The van der Waals surface area contributed by atoms with Crippen molar-refractivity contribution in [2.24, 2.45) is 0 Å². The first-order chi connectivity index (χ1) is 6.95. The first-order valence-corrected chi connectivity index (χ1v) is 4.38. The molecule has 14 heavy (non-hydrogen) atoms. The molecule has 0 fully saturated rings. The van der Waals surface area contributed by atoms with E-state index in [0.29, 0.717) is 0 Å². The zero-order valence-electron chi connectivity index (χ0n) is 7.36. The van der Waals surface area contributed by atoms with E-state index < -0.39 is 0 Å². The number of aromatic amines is 2. The van der Waals surface area contributed by atoms with Gasteiger partial charge in [-0.2, -0.15) is 5.10 Å². The van der Waals surface area contributed by atoms with E-state index in [4.69, 9.17) is 0 Å². The Labute approximate surface area is 80.0 Å². The van der Waals surface area contributed by atoms with Gasteiger partial charge in [0, 0.05) is 12.4 Å². The predicted molar refractivity (Wildman–Crippen MR) is 53.7 cm³/mol. The standard InChI is InChI=1S/C10H8N4/c1-3-7(11-5-1)10-9-8(13-14-10)4-2-6-12-9/h1-6,11H,(H,13,14). The molecule has 3 heterocycles. The Bertz CT molecular complexity index is 550. The molecule has 0 aliphatic heterocycles. The Kier molecular flexibility index (Phi) is 1.41. The van der Waals surface area contributed by atoms with Gasteiger partial charge in [-0.1, -0.05) is 0 Å². The summed E-state index contributed by atoms with van der Waals surface area (Å²) in [6, 6.07) is 7.77. The number of H-pyrrole nitrogens is 2. The minimum absolute atomic E-state index is 0.866. The van der Waals surface area contributed by atoms with Crippen molar-refractivity contribution in [1.82, 2.24) is 20.2 Å². The SMILES string of the molecule is c1c[nH]c(-c2n[nH]c3cccnc23)c1. The van der Waals surface area contributed by atoms with Crippen molar-refractivity contribution in [1.29, 1.82) is 0 Å². The minimum Gasteiger partial charge on any atom is -0.360 e. The summed E-state index contributed by atoms with van der Waals surface area (Å²) in [5.41, 5.74) is 3.70. The molecule has 0 aliphatic carbocycles.